The minimum absolute atomic E-state index is 0.0136. The zero-order valence-electron chi connectivity index (χ0n) is 23.1. The van der Waals surface area contributed by atoms with Crippen LogP contribution in [0.1, 0.15) is 58.5 Å². The average molecular weight is 545 g/mol. The van der Waals surface area contributed by atoms with Crippen LogP contribution >= 0.6 is 0 Å². The van der Waals surface area contributed by atoms with Crippen molar-refractivity contribution in [1.82, 2.24) is 0 Å². The third kappa shape index (κ3) is 4.83. The Labute approximate surface area is 244 Å². The summed E-state index contributed by atoms with van der Waals surface area (Å²) in [6.45, 7) is 19.3. The number of ketones is 2. The van der Waals surface area contributed by atoms with Crippen LogP contribution in [0.3, 0.4) is 0 Å². The van der Waals surface area contributed by atoms with E-state index in [1.54, 1.807) is 60.7 Å². The van der Waals surface area contributed by atoms with Crippen LogP contribution in [0, 0.1) is 35.3 Å². The van der Waals surface area contributed by atoms with Crippen molar-refractivity contribution in [2.24, 2.45) is 5.41 Å². The molecule has 0 saturated heterocycles. The minimum Gasteiger partial charge on any atom is -0.289 e. The van der Waals surface area contributed by atoms with Gasteiger partial charge in [0.1, 0.15) is 0 Å². The second kappa shape index (κ2) is 11.0. The van der Waals surface area contributed by atoms with E-state index in [1.807, 2.05) is 24.3 Å². The van der Waals surface area contributed by atoms with Crippen molar-refractivity contribution in [2.45, 2.75) is 26.7 Å². The van der Waals surface area contributed by atoms with Gasteiger partial charge in [-0.25, -0.2) is 15.0 Å². The van der Waals surface area contributed by atoms with Gasteiger partial charge in [-0.3, -0.25) is 15.0 Å². The van der Waals surface area contributed by atoms with E-state index in [0.29, 0.717) is 44.5 Å². The molecule has 2 aromatic carbocycles. The zero-order valence-corrected chi connectivity index (χ0v) is 23.1. The molecule has 0 fully saturated rings. The molecular weight excluding hydrogens is 520 g/mol. The highest BCUT2D eigenvalue weighted by Gasteiger charge is 2.33. The molecule has 0 saturated carbocycles. The van der Waals surface area contributed by atoms with Gasteiger partial charge in [-0.2, -0.15) is 0 Å². The molecule has 3 aliphatic carbocycles. The molecule has 3 aliphatic rings. The van der Waals surface area contributed by atoms with Crippen molar-refractivity contribution in [3.8, 4) is 6.07 Å². The summed E-state index contributed by atoms with van der Waals surface area (Å²) in [5, 5.41) is 17.2. The Morgan fingerprint density at radius 1 is 0.905 bits per heavy atom. The molecule has 0 bridgehead atoms. The van der Waals surface area contributed by atoms with E-state index in [1.165, 1.54) is 0 Å². The SMILES string of the molecule is [C-]#[N+]C(=C=N)C1=C(/C=C/C2=CC(=C/C=C3\C(=O)c4ccccc4\C3=C(/C#N)[N+]#[C-])/CC(C)(C)C2)C(=O)c2ccccc21. The van der Waals surface area contributed by atoms with E-state index in [4.69, 9.17) is 18.6 Å². The average Bonchev–Trinajstić information content (AvgIpc) is 3.42. The molecule has 0 unspecified atom stereocenters. The van der Waals surface area contributed by atoms with E-state index in [-0.39, 0.29) is 28.4 Å². The third-order valence-corrected chi connectivity index (χ3v) is 7.50. The van der Waals surface area contributed by atoms with Crippen LogP contribution in [0.2, 0.25) is 0 Å². The van der Waals surface area contributed by atoms with Gasteiger partial charge in [-0.1, -0.05) is 92.8 Å². The van der Waals surface area contributed by atoms with Crippen molar-refractivity contribution in [3.63, 3.8) is 0 Å². The number of carbonyl (C=O) groups excluding carboxylic acids is 2. The fourth-order valence-corrected chi connectivity index (χ4v) is 5.82. The number of nitriles is 1. The molecular formula is C36H24N4O2. The molecule has 0 amide bonds. The topological polar surface area (TPSA) is 90.5 Å². The number of fused-ring (bicyclic) bond motifs is 2. The lowest BCUT2D eigenvalue weighted by Gasteiger charge is -2.30. The summed E-state index contributed by atoms with van der Waals surface area (Å²) in [4.78, 5) is 33.4. The van der Waals surface area contributed by atoms with E-state index in [9.17, 15) is 14.9 Å². The number of carbonyl (C=O) groups is 2. The predicted molar refractivity (Wildman–Crippen MR) is 162 cm³/mol. The first kappa shape index (κ1) is 27.7. The molecule has 0 aromatic heterocycles. The smallest absolute Gasteiger partial charge is 0.270 e. The third-order valence-electron chi connectivity index (χ3n) is 7.50. The maximum absolute atomic E-state index is 13.3. The van der Waals surface area contributed by atoms with Crippen molar-refractivity contribution in [3.05, 3.63) is 158 Å². The summed E-state index contributed by atoms with van der Waals surface area (Å²) in [6, 6.07) is 16.0. The highest BCUT2D eigenvalue weighted by atomic mass is 16.1. The summed E-state index contributed by atoms with van der Waals surface area (Å²) in [7, 11) is 0. The Morgan fingerprint density at radius 3 is 2.17 bits per heavy atom. The monoisotopic (exact) mass is 544 g/mol. The molecule has 0 heterocycles. The van der Waals surface area contributed by atoms with Crippen LogP contribution in [-0.2, 0) is 0 Å². The summed E-state index contributed by atoms with van der Waals surface area (Å²) in [6.07, 6.45) is 10.6. The number of hydrogen-bond donors (Lipinski definition) is 1. The number of rotatable bonds is 4. The van der Waals surface area contributed by atoms with Crippen LogP contribution in [-0.4, -0.2) is 17.4 Å². The molecule has 0 spiro atoms. The summed E-state index contributed by atoms with van der Waals surface area (Å²) >= 11 is 0. The number of Topliss-reactive ketones (excluding diaryl/α,β-unsaturated/α-hetero) is 2. The maximum atomic E-state index is 13.3. The first-order chi connectivity index (χ1) is 20.2. The molecule has 0 radical (unpaired) electrons. The Balaban J connectivity index is 1.57. The lowest BCUT2D eigenvalue weighted by molar-refractivity contribution is 0.103. The van der Waals surface area contributed by atoms with E-state index >= 15 is 0 Å². The van der Waals surface area contributed by atoms with Crippen LogP contribution < -0.4 is 0 Å². The molecule has 42 heavy (non-hydrogen) atoms. The molecule has 6 heteroatoms. The fraction of sp³-hybridized carbons (Fsp3) is 0.139. The molecule has 6 nitrogen and oxygen atoms in total. The standard InChI is InChI=1S/C36H24N4O2/c1-36(2)18-22(13-15-28-32(30(20-37)39-3)24-9-5-7-11-26(24)34(28)41)17-23(19-36)14-16-29-33(31(21-38)40-4)25-10-6-8-12-27(25)35(29)42/h5-17,37H,18-19H2,1-2H3/b15-13+,23-14-,29-16-,33-31-. The van der Waals surface area contributed by atoms with Gasteiger partial charge in [0.15, 0.2) is 11.6 Å². The lowest BCUT2D eigenvalue weighted by Crippen LogP contribution is -2.16. The highest BCUT2D eigenvalue weighted by molar-refractivity contribution is 6.28. The second-order valence-electron chi connectivity index (χ2n) is 11.0. The predicted octanol–water partition coefficient (Wildman–Crippen LogP) is 7.89. The molecule has 2 aromatic rings. The first-order valence-electron chi connectivity index (χ1n) is 13.2. The Hall–Kier alpha value is -5.86. The number of allylic oxidation sites excluding steroid dienone is 12. The van der Waals surface area contributed by atoms with Gasteiger partial charge in [0.25, 0.3) is 11.4 Å². The quantitative estimate of drug-likeness (QED) is 0.184. The highest BCUT2D eigenvalue weighted by Crippen LogP contribution is 2.42. The van der Waals surface area contributed by atoms with Crippen LogP contribution in [0.25, 0.3) is 20.8 Å². The van der Waals surface area contributed by atoms with Gasteiger partial charge >= 0.3 is 0 Å². The Bertz CT molecular complexity index is 1950. The largest absolute Gasteiger partial charge is 0.289 e. The Morgan fingerprint density at radius 2 is 1.55 bits per heavy atom. The van der Waals surface area contributed by atoms with Crippen molar-refractivity contribution < 1.29 is 9.59 Å². The molecule has 0 aliphatic heterocycles. The maximum Gasteiger partial charge on any atom is 0.270 e. The van der Waals surface area contributed by atoms with E-state index in [2.05, 4.69) is 29.4 Å². The fourth-order valence-electron chi connectivity index (χ4n) is 5.82. The van der Waals surface area contributed by atoms with Crippen molar-refractivity contribution in [1.29, 1.82) is 10.7 Å². The van der Waals surface area contributed by atoms with Crippen LogP contribution in [0.5, 0.6) is 0 Å². The van der Waals surface area contributed by atoms with Gasteiger partial charge in [0.05, 0.1) is 19.2 Å². The number of hydrogen-bond acceptors (Lipinski definition) is 4. The first-order valence-corrected chi connectivity index (χ1v) is 13.2. The zero-order chi connectivity index (χ0) is 30.0. The number of benzene rings is 2. The van der Waals surface area contributed by atoms with Gasteiger partial charge in [0.2, 0.25) is 0 Å². The van der Waals surface area contributed by atoms with Gasteiger partial charge in [-0.15, -0.1) is 0 Å². The van der Waals surface area contributed by atoms with Crippen LogP contribution in [0.15, 0.2) is 113 Å². The molecule has 5 rings (SSSR count). The Kier molecular flexibility index (Phi) is 7.23. The van der Waals surface area contributed by atoms with E-state index < -0.39 is 0 Å². The molecule has 1 N–H and O–H groups in total. The van der Waals surface area contributed by atoms with E-state index in [0.717, 1.165) is 24.0 Å². The summed E-state index contributed by atoms with van der Waals surface area (Å²) < 4.78 is 0. The second-order valence-corrected chi connectivity index (χ2v) is 11.0. The molecule has 0 atom stereocenters. The van der Waals surface area contributed by atoms with Gasteiger partial charge < -0.3 is 0 Å². The lowest BCUT2D eigenvalue weighted by atomic mass is 9.75. The molecule has 200 valence electrons. The minimum atomic E-state index is -0.221. The number of nitrogens with zero attached hydrogens (tertiary/aromatic N) is 3. The normalized spacial score (nSPS) is 20.0. The van der Waals surface area contributed by atoms with Crippen LogP contribution in [0.4, 0.5) is 0 Å². The summed E-state index contributed by atoms with van der Waals surface area (Å²) in [5.74, 6) is 1.77. The van der Waals surface area contributed by atoms with Gasteiger partial charge in [0, 0.05) is 33.4 Å². The number of nitrogens with one attached hydrogen (secondary N) is 1. The van der Waals surface area contributed by atoms with Crippen molar-refractivity contribution >= 4 is 28.6 Å². The van der Waals surface area contributed by atoms with Gasteiger partial charge in [-0.05, 0) is 46.4 Å². The summed E-state index contributed by atoms with van der Waals surface area (Å²) in [5.41, 5.74) is 5.30. The van der Waals surface area contributed by atoms with Crippen molar-refractivity contribution in [2.75, 3.05) is 0 Å².